The van der Waals surface area contributed by atoms with Crippen molar-refractivity contribution in [2.75, 3.05) is 20.3 Å². The van der Waals surface area contributed by atoms with Gasteiger partial charge in [-0.25, -0.2) is 4.98 Å². The minimum atomic E-state index is 0.498. The third kappa shape index (κ3) is 3.24. The van der Waals surface area contributed by atoms with Crippen molar-refractivity contribution in [2.24, 2.45) is 0 Å². The standard InChI is InChI=1S/C10H16N2O2S/c1-13-6-10-12-9(7-15-10)4-11-8-2-3-14-5-8/h7-8,11H,2-6H2,1H3. The number of rotatable bonds is 5. The number of hydrogen-bond acceptors (Lipinski definition) is 5. The first-order valence-electron chi connectivity index (χ1n) is 5.12. The fraction of sp³-hybridized carbons (Fsp3) is 0.700. The van der Waals surface area contributed by atoms with Crippen molar-refractivity contribution < 1.29 is 9.47 Å². The van der Waals surface area contributed by atoms with Crippen molar-refractivity contribution in [1.29, 1.82) is 0 Å². The predicted molar refractivity (Wildman–Crippen MR) is 58.9 cm³/mol. The minimum absolute atomic E-state index is 0.498. The van der Waals surface area contributed by atoms with Crippen molar-refractivity contribution in [3.05, 3.63) is 16.1 Å². The molecule has 1 aliphatic heterocycles. The lowest BCUT2D eigenvalue weighted by Crippen LogP contribution is -2.28. The monoisotopic (exact) mass is 228 g/mol. The Morgan fingerprint density at radius 1 is 1.73 bits per heavy atom. The molecule has 1 saturated heterocycles. The van der Waals surface area contributed by atoms with Gasteiger partial charge in [0.25, 0.3) is 0 Å². The van der Waals surface area contributed by atoms with Gasteiger partial charge in [-0.15, -0.1) is 11.3 Å². The molecule has 1 N–H and O–H groups in total. The first-order valence-corrected chi connectivity index (χ1v) is 6.00. The van der Waals surface area contributed by atoms with E-state index >= 15 is 0 Å². The summed E-state index contributed by atoms with van der Waals surface area (Å²) in [7, 11) is 1.69. The number of nitrogens with zero attached hydrogens (tertiary/aromatic N) is 1. The molecule has 0 radical (unpaired) electrons. The first kappa shape index (κ1) is 11.0. The summed E-state index contributed by atoms with van der Waals surface area (Å²) in [6, 6.07) is 0.498. The molecule has 1 unspecified atom stereocenters. The molecule has 1 aliphatic rings. The molecular formula is C10H16N2O2S. The third-order valence-corrected chi connectivity index (χ3v) is 3.24. The van der Waals surface area contributed by atoms with Crippen LogP contribution in [0.5, 0.6) is 0 Å². The van der Waals surface area contributed by atoms with Crippen LogP contribution in [0.2, 0.25) is 0 Å². The maximum atomic E-state index is 5.29. The normalized spacial score (nSPS) is 21.0. The molecule has 0 aromatic carbocycles. The summed E-state index contributed by atoms with van der Waals surface area (Å²) < 4.78 is 10.3. The van der Waals surface area contributed by atoms with E-state index in [1.807, 2.05) is 0 Å². The van der Waals surface area contributed by atoms with E-state index in [0.717, 1.165) is 36.9 Å². The molecule has 1 fully saturated rings. The first-order chi connectivity index (χ1) is 7.38. The van der Waals surface area contributed by atoms with Crippen LogP contribution in [-0.2, 0) is 22.6 Å². The summed E-state index contributed by atoms with van der Waals surface area (Å²) in [5.74, 6) is 0. The fourth-order valence-electron chi connectivity index (χ4n) is 1.56. The molecular weight excluding hydrogens is 212 g/mol. The summed E-state index contributed by atoms with van der Waals surface area (Å²) in [4.78, 5) is 4.45. The predicted octanol–water partition coefficient (Wildman–Crippen LogP) is 1.17. The fourth-order valence-corrected chi connectivity index (χ4v) is 2.33. The summed E-state index contributed by atoms with van der Waals surface area (Å²) in [6.07, 6.45) is 1.11. The van der Waals surface area contributed by atoms with Gasteiger partial charge in [-0.05, 0) is 6.42 Å². The number of aromatic nitrogens is 1. The van der Waals surface area contributed by atoms with Crippen molar-refractivity contribution in [1.82, 2.24) is 10.3 Å². The minimum Gasteiger partial charge on any atom is -0.380 e. The van der Waals surface area contributed by atoms with E-state index in [-0.39, 0.29) is 0 Å². The molecule has 84 valence electrons. The highest BCUT2D eigenvalue weighted by Gasteiger charge is 2.14. The Bertz CT molecular complexity index is 297. The third-order valence-electron chi connectivity index (χ3n) is 2.37. The van der Waals surface area contributed by atoms with E-state index < -0.39 is 0 Å². The van der Waals surface area contributed by atoms with Crippen molar-refractivity contribution >= 4 is 11.3 Å². The molecule has 15 heavy (non-hydrogen) atoms. The average molecular weight is 228 g/mol. The van der Waals surface area contributed by atoms with Gasteiger partial charge >= 0.3 is 0 Å². The Hall–Kier alpha value is -0.490. The topological polar surface area (TPSA) is 43.4 Å². The molecule has 1 aromatic rings. The van der Waals surface area contributed by atoms with Crippen LogP contribution in [0.4, 0.5) is 0 Å². The van der Waals surface area contributed by atoms with Gasteiger partial charge in [-0.3, -0.25) is 0 Å². The van der Waals surface area contributed by atoms with Crippen LogP contribution in [0.1, 0.15) is 17.1 Å². The van der Waals surface area contributed by atoms with E-state index in [2.05, 4.69) is 15.7 Å². The summed E-state index contributed by atoms with van der Waals surface area (Å²) >= 11 is 1.65. The second kappa shape index (κ2) is 5.55. The van der Waals surface area contributed by atoms with Crippen LogP contribution in [-0.4, -0.2) is 31.3 Å². The number of nitrogens with one attached hydrogen (secondary N) is 1. The van der Waals surface area contributed by atoms with E-state index in [4.69, 9.17) is 9.47 Å². The highest BCUT2D eigenvalue weighted by atomic mass is 32.1. The quantitative estimate of drug-likeness (QED) is 0.821. The Morgan fingerprint density at radius 2 is 2.67 bits per heavy atom. The van der Waals surface area contributed by atoms with Crippen LogP contribution >= 0.6 is 11.3 Å². The molecule has 1 aromatic heterocycles. The average Bonchev–Trinajstić information content (AvgIpc) is 2.85. The maximum Gasteiger partial charge on any atom is 0.119 e. The second-order valence-corrected chi connectivity index (χ2v) is 4.55. The molecule has 0 bridgehead atoms. The zero-order valence-corrected chi connectivity index (χ0v) is 9.68. The lowest BCUT2D eigenvalue weighted by Gasteiger charge is -2.07. The zero-order valence-electron chi connectivity index (χ0n) is 8.86. The zero-order chi connectivity index (χ0) is 10.5. The van der Waals surface area contributed by atoms with E-state index in [1.165, 1.54) is 0 Å². The van der Waals surface area contributed by atoms with Crippen LogP contribution < -0.4 is 5.32 Å². The Balaban J connectivity index is 1.77. The number of ether oxygens (including phenoxy) is 2. The molecule has 2 rings (SSSR count). The molecule has 4 nitrogen and oxygen atoms in total. The Kier molecular flexibility index (Phi) is 4.08. The van der Waals surface area contributed by atoms with Crippen molar-refractivity contribution in [3.8, 4) is 0 Å². The Labute approximate surface area is 93.6 Å². The van der Waals surface area contributed by atoms with E-state index in [1.54, 1.807) is 18.4 Å². The largest absolute Gasteiger partial charge is 0.380 e. The lowest BCUT2D eigenvalue weighted by molar-refractivity contribution is 0.184. The highest BCUT2D eigenvalue weighted by molar-refractivity contribution is 7.09. The Morgan fingerprint density at radius 3 is 3.40 bits per heavy atom. The van der Waals surface area contributed by atoms with Gasteiger partial charge in [0.1, 0.15) is 5.01 Å². The lowest BCUT2D eigenvalue weighted by atomic mass is 10.2. The van der Waals surface area contributed by atoms with Crippen LogP contribution in [0.25, 0.3) is 0 Å². The molecule has 0 aliphatic carbocycles. The highest BCUT2D eigenvalue weighted by Crippen LogP contribution is 2.11. The molecule has 0 spiro atoms. The molecule has 2 heterocycles. The number of methoxy groups -OCH3 is 1. The van der Waals surface area contributed by atoms with Gasteiger partial charge in [0.2, 0.25) is 0 Å². The molecule has 0 saturated carbocycles. The van der Waals surface area contributed by atoms with Gasteiger partial charge in [0, 0.05) is 31.7 Å². The molecule has 1 atom stereocenters. The van der Waals surface area contributed by atoms with E-state index in [0.29, 0.717) is 12.6 Å². The maximum absolute atomic E-state index is 5.29. The molecule has 0 amide bonds. The van der Waals surface area contributed by atoms with Gasteiger partial charge in [-0.1, -0.05) is 0 Å². The molecule has 5 heteroatoms. The van der Waals surface area contributed by atoms with Crippen molar-refractivity contribution in [2.45, 2.75) is 25.6 Å². The second-order valence-electron chi connectivity index (χ2n) is 3.61. The summed E-state index contributed by atoms with van der Waals surface area (Å²) in [6.45, 7) is 3.14. The van der Waals surface area contributed by atoms with E-state index in [9.17, 15) is 0 Å². The van der Waals surface area contributed by atoms with Gasteiger partial charge < -0.3 is 14.8 Å². The van der Waals surface area contributed by atoms with Gasteiger partial charge in [-0.2, -0.15) is 0 Å². The number of hydrogen-bond donors (Lipinski definition) is 1. The smallest absolute Gasteiger partial charge is 0.119 e. The van der Waals surface area contributed by atoms with Gasteiger partial charge in [0.15, 0.2) is 0 Å². The van der Waals surface area contributed by atoms with Crippen LogP contribution in [0, 0.1) is 0 Å². The summed E-state index contributed by atoms with van der Waals surface area (Å²) in [5.41, 5.74) is 1.10. The van der Waals surface area contributed by atoms with Gasteiger partial charge in [0.05, 0.1) is 18.9 Å². The van der Waals surface area contributed by atoms with Crippen LogP contribution in [0.3, 0.4) is 0 Å². The van der Waals surface area contributed by atoms with Crippen molar-refractivity contribution in [3.63, 3.8) is 0 Å². The SMILES string of the molecule is COCc1nc(CNC2CCOC2)cs1. The van der Waals surface area contributed by atoms with Crippen LogP contribution in [0.15, 0.2) is 5.38 Å². The number of thiazole rings is 1. The summed E-state index contributed by atoms with van der Waals surface area (Å²) in [5, 5.41) is 6.55.